The standard InChI is InChI=1S/C11H12FN3/c1-7-11(15-10(6-13)14-7)8-2-4-9(12)5-3-8/h2-5H,6,13H2,1H3,(H,14,15). The summed E-state index contributed by atoms with van der Waals surface area (Å²) < 4.78 is 12.7. The van der Waals surface area contributed by atoms with E-state index in [0.717, 1.165) is 22.8 Å². The maximum atomic E-state index is 12.7. The predicted molar refractivity (Wildman–Crippen MR) is 56.6 cm³/mol. The number of H-pyrrole nitrogens is 1. The average Bonchev–Trinajstić information content (AvgIpc) is 2.61. The minimum atomic E-state index is -0.244. The first kappa shape index (κ1) is 9.86. The van der Waals surface area contributed by atoms with Crippen LogP contribution in [-0.2, 0) is 6.54 Å². The van der Waals surface area contributed by atoms with Crippen LogP contribution in [0.4, 0.5) is 4.39 Å². The fourth-order valence-corrected chi connectivity index (χ4v) is 1.51. The topological polar surface area (TPSA) is 54.7 Å². The van der Waals surface area contributed by atoms with E-state index in [1.165, 1.54) is 12.1 Å². The summed E-state index contributed by atoms with van der Waals surface area (Å²) in [6.07, 6.45) is 0. The van der Waals surface area contributed by atoms with Crippen molar-refractivity contribution >= 4 is 0 Å². The Bertz CT molecular complexity index is 459. The van der Waals surface area contributed by atoms with Crippen molar-refractivity contribution in [2.75, 3.05) is 0 Å². The minimum absolute atomic E-state index is 0.244. The number of nitrogens with zero attached hydrogens (tertiary/aromatic N) is 1. The van der Waals surface area contributed by atoms with Crippen LogP contribution in [0.15, 0.2) is 24.3 Å². The molecule has 0 amide bonds. The molecule has 3 N–H and O–H groups in total. The molecule has 15 heavy (non-hydrogen) atoms. The first-order valence-electron chi connectivity index (χ1n) is 4.72. The minimum Gasteiger partial charge on any atom is -0.344 e. The molecule has 1 heterocycles. The third-order valence-electron chi connectivity index (χ3n) is 2.24. The van der Waals surface area contributed by atoms with Crippen LogP contribution in [0.5, 0.6) is 0 Å². The van der Waals surface area contributed by atoms with Crippen molar-refractivity contribution in [2.45, 2.75) is 13.5 Å². The Balaban J connectivity index is 2.44. The molecule has 1 aromatic heterocycles. The summed E-state index contributed by atoms with van der Waals surface area (Å²) in [7, 11) is 0. The molecule has 0 spiro atoms. The fourth-order valence-electron chi connectivity index (χ4n) is 1.51. The number of nitrogens with two attached hydrogens (primary N) is 1. The predicted octanol–water partition coefficient (Wildman–Crippen LogP) is 1.98. The lowest BCUT2D eigenvalue weighted by Gasteiger charge is -1.97. The van der Waals surface area contributed by atoms with E-state index in [4.69, 9.17) is 5.73 Å². The van der Waals surface area contributed by atoms with Gasteiger partial charge < -0.3 is 10.7 Å². The maximum absolute atomic E-state index is 12.7. The normalized spacial score (nSPS) is 10.6. The van der Waals surface area contributed by atoms with Crippen molar-refractivity contribution in [1.82, 2.24) is 9.97 Å². The third-order valence-corrected chi connectivity index (χ3v) is 2.24. The van der Waals surface area contributed by atoms with E-state index in [2.05, 4.69) is 9.97 Å². The first-order chi connectivity index (χ1) is 7.20. The number of benzene rings is 1. The molecule has 0 atom stereocenters. The zero-order valence-corrected chi connectivity index (χ0v) is 8.42. The molecule has 4 heteroatoms. The molecule has 78 valence electrons. The van der Waals surface area contributed by atoms with Gasteiger partial charge in [-0.25, -0.2) is 9.37 Å². The summed E-state index contributed by atoms with van der Waals surface area (Å²) in [5.41, 5.74) is 8.15. The molecule has 0 radical (unpaired) electrons. The SMILES string of the molecule is Cc1[nH]c(CN)nc1-c1ccc(F)cc1. The Hall–Kier alpha value is -1.68. The van der Waals surface area contributed by atoms with Gasteiger partial charge in [-0.2, -0.15) is 0 Å². The number of halogens is 1. The lowest BCUT2D eigenvalue weighted by molar-refractivity contribution is 0.628. The van der Waals surface area contributed by atoms with Gasteiger partial charge in [-0.05, 0) is 31.2 Å². The zero-order valence-electron chi connectivity index (χ0n) is 8.42. The summed E-state index contributed by atoms with van der Waals surface area (Å²) >= 11 is 0. The Morgan fingerprint density at radius 2 is 2.00 bits per heavy atom. The van der Waals surface area contributed by atoms with E-state index in [9.17, 15) is 4.39 Å². The quantitative estimate of drug-likeness (QED) is 0.787. The lowest BCUT2D eigenvalue weighted by Crippen LogP contribution is -1.97. The second-order valence-corrected chi connectivity index (χ2v) is 3.37. The molecular formula is C11H12FN3. The van der Waals surface area contributed by atoms with E-state index in [-0.39, 0.29) is 5.82 Å². The highest BCUT2D eigenvalue weighted by atomic mass is 19.1. The van der Waals surface area contributed by atoms with Gasteiger partial charge in [0.1, 0.15) is 11.6 Å². The molecule has 1 aromatic carbocycles. The van der Waals surface area contributed by atoms with E-state index in [1.807, 2.05) is 6.92 Å². The van der Waals surface area contributed by atoms with Gasteiger partial charge in [0.25, 0.3) is 0 Å². The average molecular weight is 205 g/mol. The Kier molecular flexibility index (Phi) is 2.51. The fraction of sp³-hybridized carbons (Fsp3) is 0.182. The molecule has 2 aromatic rings. The van der Waals surface area contributed by atoms with Crippen molar-refractivity contribution in [3.8, 4) is 11.3 Å². The molecule has 0 fully saturated rings. The van der Waals surface area contributed by atoms with Crippen LogP contribution in [0.2, 0.25) is 0 Å². The van der Waals surface area contributed by atoms with Crippen molar-refractivity contribution in [1.29, 1.82) is 0 Å². The molecule has 0 aliphatic heterocycles. The largest absolute Gasteiger partial charge is 0.344 e. The van der Waals surface area contributed by atoms with Crippen LogP contribution in [0, 0.1) is 12.7 Å². The zero-order chi connectivity index (χ0) is 10.8. The number of hydrogen-bond donors (Lipinski definition) is 2. The number of aryl methyl sites for hydroxylation is 1. The molecule has 2 rings (SSSR count). The smallest absolute Gasteiger partial charge is 0.123 e. The molecule has 0 aliphatic carbocycles. The second-order valence-electron chi connectivity index (χ2n) is 3.37. The molecule has 3 nitrogen and oxygen atoms in total. The van der Waals surface area contributed by atoms with E-state index < -0.39 is 0 Å². The van der Waals surface area contributed by atoms with Crippen LogP contribution in [0.25, 0.3) is 11.3 Å². The molecule has 0 saturated heterocycles. The van der Waals surface area contributed by atoms with Gasteiger partial charge in [0.05, 0.1) is 12.2 Å². The molecule has 0 aliphatic rings. The van der Waals surface area contributed by atoms with Gasteiger partial charge in [-0.1, -0.05) is 0 Å². The monoisotopic (exact) mass is 205 g/mol. The van der Waals surface area contributed by atoms with Gasteiger partial charge in [-0.15, -0.1) is 0 Å². The second kappa shape index (κ2) is 3.82. The Morgan fingerprint density at radius 1 is 1.33 bits per heavy atom. The first-order valence-corrected chi connectivity index (χ1v) is 4.72. The molecule has 0 unspecified atom stereocenters. The lowest BCUT2D eigenvalue weighted by atomic mass is 10.1. The summed E-state index contributed by atoms with van der Waals surface area (Å²) in [5.74, 6) is 0.498. The van der Waals surface area contributed by atoms with Gasteiger partial charge in [0, 0.05) is 11.3 Å². The number of rotatable bonds is 2. The summed E-state index contributed by atoms with van der Waals surface area (Å²) in [5, 5.41) is 0. The van der Waals surface area contributed by atoms with Crippen LogP contribution in [0.3, 0.4) is 0 Å². The van der Waals surface area contributed by atoms with Crippen LogP contribution in [0.1, 0.15) is 11.5 Å². The number of imidazole rings is 1. The van der Waals surface area contributed by atoms with Crippen LogP contribution < -0.4 is 5.73 Å². The van der Waals surface area contributed by atoms with E-state index >= 15 is 0 Å². The van der Waals surface area contributed by atoms with Gasteiger partial charge in [0.15, 0.2) is 0 Å². The summed E-state index contributed by atoms with van der Waals surface area (Å²) in [4.78, 5) is 7.40. The molecule has 0 bridgehead atoms. The van der Waals surface area contributed by atoms with Crippen LogP contribution in [-0.4, -0.2) is 9.97 Å². The molecular weight excluding hydrogens is 193 g/mol. The van der Waals surface area contributed by atoms with Crippen molar-refractivity contribution in [3.05, 3.63) is 41.6 Å². The highest BCUT2D eigenvalue weighted by molar-refractivity contribution is 5.61. The van der Waals surface area contributed by atoms with E-state index in [0.29, 0.717) is 6.54 Å². The van der Waals surface area contributed by atoms with Crippen LogP contribution >= 0.6 is 0 Å². The molecule has 0 saturated carbocycles. The van der Waals surface area contributed by atoms with Gasteiger partial charge in [-0.3, -0.25) is 0 Å². The van der Waals surface area contributed by atoms with Gasteiger partial charge >= 0.3 is 0 Å². The summed E-state index contributed by atoms with van der Waals surface area (Å²) in [6, 6.07) is 6.26. The third kappa shape index (κ3) is 1.89. The highest BCUT2D eigenvalue weighted by Gasteiger charge is 2.07. The number of aromatic nitrogens is 2. The highest BCUT2D eigenvalue weighted by Crippen LogP contribution is 2.21. The Morgan fingerprint density at radius 3 is 2.53 bits per heavy atom. The maximum Gasteiger partial charge on any atom is 0.123 e. The van der Waals surface area contributed by atoms with Crippen molar-refractivity contribution in [3.63, 3.8) is 0 Å². The van der Waals surface area contributed by atoms with Crippen molar-refractivity contribution in [2.24, 2.45) is 5.73 Å². The van der Waals surface area contributed by atoms with Gasteiger partial charge in [0.2, 0.25) is 0 Å². The summed E-state index contributed by atoms with van der Waals surface area (Å²) in [6.45, 7) is 2.30. The number of nitrogens with one attached hydrogen (secondary N) is 1. The number of aromatic amines is 1. The Labute approximate surface area is 87.2 Å². The van der Waals surface area contributed by atoms with Crippen molar-refractivity contribution < 1.29 is 4.39 Å². The number of hydrogen-bond acceptors (Lipinski definition) is 2. The van der Waals surface area contributed by atoms with E-state index in [1.54, 1.807) is 12.1 Å².